The molecule has 1 fully saturated rings. The lowest BCUT2D eigenvalue weighted by Crippen LogP contribution is -2.03. The van der Waals surface area contributed by atoms with E-state index in [2.05, 4.69) is 32.9 Å². The fourth-order valence-electron chi connectivity index (χ4n) is 1.96. The van der Waals surface area contributed by atoms with Crippen molar-refractivity contribution in [3.8, 4) is 5.75 Å². The zero-order chi connectivity index (χ0) is 10.8. The molecule has 0 saturated heterocycles. The van der Waals surface area contributed by atoms with E-state index in [1.54, 1.807) is 0 Å². The Balaban J connectivity index is 2.18. The molecular formula is C14H20O. The molecule has 0 bridgehead atoms. The topological polar surface area (TPSA) is 9.23 Å². The summed E-state index contributed by atoms with van der Waals surface area (Å²) in [7, 11) is 0. The molecule has 82 valence electrons. The number of rotatable bonds is 4. The summed E-state index contributed by atoms with van der Waals surface area (Å²) in [6.07, 6.45) is 3.79. The normalized spacial score (nSPS) is 15.4. The van der Waals surface area contributed by atoms with Crippen LogP contribution in [0, 0.1) is 19.8 Å². The van der Waals surface area contributed by atoms with Crippen molar-refractivity contribution < 1.29 is 4.74 Å². The molecule has 0 N–H and O–H groups in total. The zero-order valence-electron chi connectivity index (χ0n) is 9.97. The largest absolute Gasteiger partial charge is 0.493 e. The third-order valence-electron chi connectivity index (χ3n) is 3.26. The van der Waals surface area contributed by atoms with E-state index in [9.17, 15) is 0 Å². The summed E-state index contributed by atoms with van der Waals surface area (Å²) in [6.45, 7) is 7.42. The molecular weight excluding hydrogens is 184 g/mol. The van der Waals surface area contributed by atoms with Crippen molar-refractivity contribution in [1.82, 2.24) is 0 Å². The van der Waals surface area contributed by atoms with Crippen molar-refractivity contribution in [3.05, 3.63) is 28.8 Å². The van der Waals surface area contributed by atoms with Gasteiger partial charge in [-0.2, -0.15) is 0 Å². The molecule has 0 aromatic heterocycles. The van der Waals surface area contributed by atoms with Crippen LogP contribution in [0.25, 0.3) is 0 Å². The van der Waals surface area contributed by atoms with Crippen LogP contribution in [0.1, 0.15) is 36.5 Å². The van der Waals surface area contributed by atoms with Crippen LogP contribution in [0.15, 0.2) is 12.1 Å². The Labute approximate surface area is 92.5 Å². The van der Waals surface area contributed by atoms with Gasteiger partial charge in [0.05, 0.1) is 6.61 Å². The molecule has 1 saturated carbocycles. The average molecular weight is 204 g/mol. The summed E-state index contributed by atoms with van der Waals surface area (Å²) in [6, 6.07) is 4.39. The van der Waals surface area contributed by atoms with Crippen LogP contribution < -0.4 is 4.74 Å². The lowest BCUT2D eigenvalue weighted by molar-refractivity contribution is 0.295. The molecule has 0 radical (unpaired) electrons. The van der Waals surface area contributed by atoms with Gasteiger partial charge in [-0.05, 0) is 55.7 Å². The van der Waals surface area contributed by atoms with Crippen molar-refractivity contribution in [2.24, 2.45) is 5.92 Å². The van der Waals surface area contributed by atoms with Crippen LogP contribution in [0.2, 0.25) is 0 Å². The maximum absolute atomic E-state index is 5.93. The molecule has 1 aromatic rings. The molecule has 0 atom stereocenters. The van der Waals surface area contributed by atoms with Crippen LogP contribution in [-0.2, 0) is 6.42 Å². The number of benzene rings is 1. The van der Waals surface area contributed by atoms with E-state index in [0.717, 1.165) is 24.7 Å². The van der Waals surface area contributed by atoms with Gasteiger partial charge < -0.3 is 4.74 Å². The van der Waals surface area contributed by atoms with Gasteiger partial charge in [0.25, 0.3) is 0 Å². The zero-order valence-corrected chi connectivity index (χ0v) is 9.97. The van der Waals surface area contributed by atoms with E-state index in [1.807, 2.05) is 0 Å². The van der Waals surface area contributed by atoms with Gasteiger partial charge in [-0.3, -0.25) is 0 Å². The first kappa shape index (κ1) is 10.5. The molecule has 1 nitrogen and oxygen atoms in total. The standard InChI is InChI=1S/C14H20O/c1-4-13-8-5-10(2)14(11(13)3)15-9-12-6-7-12/h5,8,12H,4,6-7,9H2,1-3H3. The van der Waals surface area contributed by atoms with E-state index in [-0.39, 0.29) is 0 Å². The highest BCUT2D eigenvalue weighted by Crippen LogP contribution is 2.32. The summed E-state index contributed by atoms with van der Waals surface area (Å²) in [5.74, 6) is 1.95. The van der Waals surface area contributed by atoms with Crippen LogP contribution in [0.3, 0.4) is 0 Å². The second-order valence-electron chi connectivity index (χ2n) is 4.60. The Morgan fingerprint density at radius 2 is 2.00 bits per heavy atom. The van der Waals surface area contributed by atoms with Gasteiger partial charge in [0.15, 0.2) is 0 Å². The van der Waals surface area contributed by atoms with E-state index in [0.29, 0.717) is 0 Å². The maximum atomic E-state index is 5.93. The quantitative estimate of drug-likeness (QED) is 0.727. The SMILES string of the molecule is CCc1ccc(C)c(OCC2CC2)c1C. The minimum absolute atomic E-state index is 0.828. The third kappa shape index (κ3) is 2.34. The van der Waals surface area contributed by atoms with E-state index in [1.165, 1.54) is 29.5 Å². The van der Waals surface area contributed by atoms with Gasteiger partial charge in [0.1, 0.15) is 5.75 Å². The molecule has 1 aromatic carbocycles. The van der Waals surface area contributed by atoms with Gasteiger partial charge in [-0.1, -0.05) is 19.1 Å². The van der Waals surface area contributed by atoms with Crippen LogP contribution in [-0.4, -0.2) is 6.61 Å². The monoisotopic (exact) mass is 204 g/mol. The highest BCUT2D eigenvalue weighted by atomic mass is 16.5. The summed E-state index contributed by atoms with van der Waals surface area (Å²) in [5.41, 5.74) is 4.01. The van der Waals surface area contributed by atoms with Gasteiger partial charge in [-0.25, -0.2) is 0 Å². The fourth-order valence-corrected chi connectivity index (χ4v) is 1.96. The number of hydrogen-bond acceptors (Lipinski definition) is 1. The maximum Gasteiger partial charge on any atom is 0.125 e. The summed E-state index contributed by atoms with van der Waals surface area (Å²) in [5, 5.41) is 0. The second kappa shape index (κ2) is 4.26. The lowest BCUT2D eigenvalue weighted by Gasteiger charge is -2.14. The van der Waals surface area contributed by atoms with Crippen molar-refractivity contribution in [3.63, 3.8) is 0 Å². The molecule has 2 rings (SSSR count). The van der Waals surface area contributed by atoms with Gasteiger partial charge in [0.2, 0.25) is 0 Å². The van der Waals surface area contributed by atoms with Crippen molar-refractivity contribution >= 4 is 0 Å². The summed E-state index contributed by atoms with van der Waals surface area (Å²) in [4.78, 5) is 0. The molecule has 0 spiro atoms. The smallest absolute Gasteiger partial charge is 0.125 e. The Hall–Kier alpha value is -0.980. The first-order valence-corrected chi connectivity index (χ1v) is 5.94. The Bertz CT molecular complexity index is 351. The molecule has 1 aliphatic carbocycles. The lowest BCUT2D eigenvalue weighted by atomic mass is 10.0. The van der Waals surface area contributed by atoms with E-state index in [4.69, 9.17) is 4.74 Å². The highest BCUT2D eigenvalue weighted by molar-refractivity contribution is 5.45. The molecule has 0 amide bonds. The fraction of sp³-hybridized carbons (Fsp3) is 0.571. The second-order valence-corrected chi connectivity index (χ2v) is 4.60. The number of aryl methyl sites for hydroxylation is 2. The minimum atomic E-state index is 0.828. The first-order chi connectivity index (χ1) is 7.22. The Morgan fingerprint density at radius 1 is 1.27 bits per heavy atom. The summed E-state index contributed by atoms with van der Waals surface area (Å²) >= 11 is 0. The molecule has 0 aliphatic heterocycles. The molecule has 15 heavy (non-hydrogen) atoms. The van der Waals surface area contributed by atoms with Crippen LogP contribution in [0.4, 0.5) is 0 Å². The van der Waals surface area contributed by atoms with Crippen molar-refractivity contribution in [2.45, 2.75) is 40.0 Å². The van der Waals surface area contributed by atoms with E-state index < -0.39 is 0 Å². The predicted octanol–water partition coefficient (Wildman–Crippen LogP) is 3.65. The van der Waals surface area contributed by atoms with Crippen molar-refractivity contribution in [2.75, 3.05) is 6.61 Å². The van der Waals surface area contributed by atoms with Gasteiger partial charge in [0, 0.05) is 0 Å². The molecule has 0 unspecified atom stereocenters. The first-order valence-electron chi connectivity index (χ1n) is 5.94. The highest BCUT2D eigenvalue weighted by Gasteiger charge is 2.22. The van der Waals surface area contributed by atoms with Gasteiger partial charge in [-0.15, -0.1) is 0 Å². The molecule has 0 heterocycles. The van der Waals surface area contributed by atoms with Crippen LogP contribution in [0.5, 0.6) is 5.75 Å². The van der Waals surface area contributed by atoms with E-state index >= 15 is 0 Å². The Morgan fingerprint density at radius 3 is 2.60 bits per heavy atom. The molecule has 1 heteroatoms. The average Bonchev–Trinajstić information content (AvgIpc) is 3.02. The minimum Gasteiger partial charge on any atom is -0.493 e. The Kier molecular flexibility index (Phi) is 2.99. The molecule has 1 aliphatic rings. The number of ether oxygens (including phenoxy) is 1. The van der Waals surface area contributed by atoms with Crippen LogP contribution >= 0.6 is 0 Å². The van der Waals surface area contributed by atoms with Crippen molar-refractivity contribution in [1.29, 1.82) is 0 Å². The summed E-state index contributed by atoms with van der Waals surface area (Å²) < 4.78 is 5.93. The van der Waals surface area contributed by atoms with Gasteiger partial charge >= 0.3 is 0 Å². The predicted molar refractivity (Wildman–Crippen MR) is 63.5 cm³/mol. The third-order valence-corrected chi connectivity index (χ3v) is 3.26. The number of hydrogen-bond donors (Lipinski definition) is 0.